The van der Waals surface area contributed by atoms with Crippen LogP contribution in [0.5, 0.6) is 11.8 Å². The number of likely N-dealkylation sites (tertiary alicyclic amines) is 2. The first-order valence-electron chi connectivity index (χ1n) is 31.2. The molecular formula is C66H81F2N11O8. The summed E-state index contributed by atoms with van der Waals surface area (Å²) in [5.74, 6) is 2.97. The van der Waals surface area contributed by atoms with E-state index in [1.807, 2.05) is 45.6 Å². The van der Waals surface area contributed by atoms with Crippen LogP contribution in [0.25, 0.3) is 44.0 Å². The van der Waals surface area contributed by atoms with E-state index in [9.17, 15) is 19.2 Å². The maximum Gasteiger partial charge on any atom is 0.410 e. The van der Waals surface area contributed by atoms with E-state index in [-0.39, 0.29) is 83.4 Å². The number of nitrogens with zero attached hydrogens (tertiary/aromatic N) is 10. The fourth-order valence-electron chi connectivity index (χ4n) is 14.7. The van der Waals surface area contributed by atoms with Crippen LogP contribution >= 0.6 is 0 Å². The number of imide groups is 1. The van der Waals surface area contributed by atoms with E-state index in [2.05, 4.69) is 50.0 Å². The van der Waals surface area contributed by atoms with Gasteiger partial charge in [-0.25, -0.2) is 18.4 Å². The number of hydrogen-bond acceptors (Lipinski definition) is 15. The highest BCUT2D eigenvalue weighted by Crippen LogP contribution is 2.42. The molecule has 19 nitrogen and oxygen atoms in total. The van der Waals surface area contributed by atoms with Gasteiger partial charge in [-0.1, -0.05) is 18.4 Å². The highest BCUT2D eigenvalue weighted by molar-refractivity contribution is 6.03. The number of terminal acetylenes is 1. The Hall–Kier alpha value is -7.41. The SMILES string of the molecule is C#Cc1c(F)ccc2cc(OCOC)cc(-c3ncc4c(N5CC6CCC(C5)N6C(=O)OC(C)(C)C)nc(OC[C@@H]5C[C@@H](CCC6CCN(CC7CCN(c8ccc9c(c8)n(C(C)C)c(=O)n9C8CCC(=O)NC8=O)CC7)CC6)CN5C)nc4c3F)c12. The second kappa shape index (κ2) is 24.6. The number of pyridine rings is 1. The van der Waals surface area contributed by atoms with Gasteiger partial charge in [0.15, 0.2) is 12.6 Å². The van der Waals surface area contributed by atoms with Crippen LogP contribution in [0, 0.1) is 41.7 Å². The largest absolute Gasteiger partial charge is 0.468 e. The van der Waals surface area contributed by atoms with Gasteiger partial charge in [0.05, 0.1) is 34.1 Å². The van der Waals surface area contributed by atoms with Crippen LogP contribution in [-0.2, 0) is 19.1 Å². The molecule has 1 N–H and O–H groups in total. The lowest BCUT2D eigenvalue weighted by Crippen LogP contribution is -2.57. The molecule has 3 aromatic carbocycles. The summed E-state index contributed by atoms with van der Waals surface area (Å²) in [4.78, 5) is 78.0. The zero-order chi connectivity index (χ0) is 61.0. The normalized spacial score (nSPS) is 22.7. The number of piperazine rings is 1. The van der Waals surface area contributed by atoms with Gasteiger partial charge in [-0.2, -0.15) is 9.97 Å². The van der Waals surface area contributed by atoms with Crippen LogP contribution < -0.4 is 30.3 Å². The smallest absolute Gasteiger partial charge is 0.410 e. The zero-order valence-electron chi connectivity index (χ0n) is 51.2. The monoisotopic (exact) mass is 1190 g/mol. The van der Waals surface area contributed by atoms with Crippen LogP contribution in [0.15, 0.2) is 53.5 Å². The molecule has 87 heavy (non-hydrogen) atoms. The molecule has 462 valence electrons. The lowest BCUT2D eigenvalue weighted by Gasteiger charge is -2.42. The van der Waals surface area contributed by atoms with E-state index in [4.69, 9.17) is 40.3 Å². The van der Waals surface area contributed by atoms with Gasteiger partial charge in [0.2, 0.25) is 11.8 Å². The fraction of sp³-hybridized carbons (Fsp3) is 0.561. The topological polar surface area (TPSA) is 182 Å². The molecule has 9 heterocycles. The second-order valence-corrected chi connectivity index (χ2v) is 26.4. The molecular weight excluding hydrogens is 1110 g/mol. The number of aromatic nitrogens is 5. The number of amides is 3. The van der Waals surface area contributed by atoms with Gasteiger partial charge in [-0.15, -0.1) is 6.42 Å². The van der Waals surface area contributed by atoms with Crippen molar-refractivity contribution in [1.82, 2.24) is 44.1 Å². The quantitative estimate of drug-likeness (QED) is 0.0549. The second-order valence-electron chi connectivity index (χ2n) is 26.4. The molecule has 6 aliphatic heterocycles. The Morgan fingerprint density at radius 2 is 1.59 bits per heavy atom. The third kappa shape index (κ3) is 12.2. The number of anilines is 2. The Morgan fingerprint density at radius 3 is 2.29 bits per heavy atom. The van der Waals surface area contributed by atoms with Crippen LogP contribution in [0.2, 0.25) is 0 Å². The highest BCUT2D eigenvalue weighted by Gasteiger charge is 2.45. The van der Waals surface area contributed by atoms with Gasteiger partial charge in [-0.05, 0) is 172 Å². The van der Waals surface area contributed by atoms with Crippen molar-refractivity contribution < 1.29 is 42.1 Å². The molecule has 0 radical (unpaired) electrons. The number of methoxy groups -OCH3 is 1. The van der Waals surface area contributed by atoms with Crippen molar-refractivity contribution in [3.63, 3.8) is 0 Å². The standard InChI is InChI=1S/C66H81F2N11O8/c1-9-49-52(67)16-12-43-29-48(86-38-84-8)31-50(57(43)49)59-58(68)60-51(32-69-59)61(76-35-45-13-14-46(36-76)78(45)65(83)87-66(4,5)6)72-63(71-60)85-37-47-28-42(33-73(47)7)11-10-40-20-24-74(25-21-40)34-41-22-26-75(27-23-41)44-15-17-53-55(30-44)77(39(2)3)64(82)79(53)54-18-19-56(80)70-62(54)81/h1,12,15-17,29-32,39-42,45-47,54H,10-11,13-14,18-28,33-38H2,2-8H3,(H,70,80,81)/t42-,45?,46?,47+,54?/m1/s1. The predicted molar refractivity (Wildman–Crippen MR) is 329 cm³/mol. The number of rotatable bonds is 16. The summed E-state index contributed by atoms with van der Waals surface area (Å²) in [5, 5.41) is 3.63. The van der Waals surface area contributed by atoms with Crippen molar-refractivity contribution in [3.05, 3.63) is 76.3 Å². The number of nitrogens with one attached hydrogen (secondary N) is 1. The third-order valence-electron chi connectivity index (χ3n) is 19.1. The molecule has 3 amide bonds. The minimum Gasteiger partial charge on any atom is -0.468 e. The van der Waals surface area contributed by atoms with Crippen LogP contribution in [-0.4, -0.2) is 160 Å². The molecule has 5 atom stereocenters. The molecule has 6 saturated heterocycles. The molecule has 6 aromatic rings. The molecule has 12 rings (SSSR count). The Bertz CT molecular complexity index is 3700. The summed E-state index contributed by atoms with van der Waals surface area (Å²) in [5.41, 5.74) is 1.82. The number of likely N-dealkylation sites (N-methyl/N-ethyl adjacent to an activating group) is 1. The van der Waals surface area contributed by atoms with E-state index < -0.39 is 29.2 Å². The average molecular weight is 1190 g/mol. The number of carbonyl (C=O) groups excluding carboxylic acids is 3. The summed E-state index contributed by atoms with van der Waals surface area (Å²) >= 11 is 0. The van der Waals surface area contributed by atoms with Gasteiger partial charge in [0, 0.05) is 87.7 Å². The number of hydrogen-bond donors (Lipinski definition) is 1. The summed E-state index contributed by atoms with van der Waals surface area (Å²) in [6, 6.07) is 11.3. The number of ether oxygens (including phenoxy) is 4. The van der Waals surface area contributed by atoms with Crippen LogP contribution in [0.4, 0.5) is 25.1 Å². The highest BCUT2D eigenvalue weighted by atomic mass is 19.1. The van der Waals surface area contributed by atoms with Crippen molar-refractivity contribution in [2.75, 3.05) is 89.7 Å². The minimum atomic E-state index is -0.756. The van der Waals surface area contributed by atoms with Gasteiger partial charge in [0.1, 0.15) is 46.8 Å². The lowest BCUT2D eigenvalue weighted by molar-refractivity contribution is -0.135. The van der Waals surface area contributed by atoms with Crippen molar-refractivity contribution in [3.8, 4) is 35.4 Å². The molecule has 3 unspecified atom stereocenters. The van der Waals surface area contributed by atoms with Gasteiger partial charge in [-0.3, -0.25) is 38.8 Å². The minimum absolute atomic E-state index is 0.0143. The van der Waals surface area contributed by atoms with E-state index in [1.165, 1.54) is 32.4 Å². The summed E-state index contributed by atoms with van der Waals surface area (Å²) in [6.45, 7) is 16.8. The van der Waals surface area contributed by atoms with E-state index in [1.54, 1.807) is 33.5 Å². The predicted octanol–water partition coefficient (Wildman–Crippen LogP) is 9.46. The summed E-state index contributed by atoms with van der Waals surface area (Å²) in [7, 11) is 3.63. The van der Waals surface area contributed by atoms with Crippen molar-refractivity contribution in [2.45, 2.75) is 141 Å². The molecule has 0 saturated carbocycles. The Balaban J connectivity index is 0.683. The molecule has 6 aliphatic rings. The number of imidazole rings is 1. The zero-order valence-corrected chi connectivity index (χ0v) is 51.2. The van der Waals surface area contributed by atoms with Gasteiger partial charge >= 0.3 is 17.8 Å². The Morgan fingerprint density at radius 1 is 0.851 bits per heavy atom. The Labute approximate surface area is 506 Å². The maximum atomic E-state index is 17.7. The van der Waals surface area contributed by atoms with E-state index in [0.717, 1.165) is 94.5 Å². The Kier molecular flexibility index (Phi) is 17.0. The van der Waals surface area contributed by atoms with Crippen molar-refractivity contribution in [1.29, 1.82) is 0 Å². The number of carbonyl (C=O) groups is 3. The number of benzene rings is 3. The molecule has 0 aliphatic carbocycles. The first kappa shape index (κ1) is 59.9. The molecule has 21 heteroatoms. The van der Waals surface area contributed by atoms with E-state index in [0.29, 0.717) is 71.6 Å². The molecule has 3 aromatic heterocycles. The number of halogens is 2. The third-order valence-corrected chi connectivity index (χ3v) is 19.1. The maximum absolute atomic E-state index is 17.7. The van der Waals surface area contributed by atoms with Gasteiger partial charge < -0.3 is 33.6 Å². The summed E-state index contributed by atoms with van der Waals surface area (Å²) in [6.07, 6.45) is 17.1. The fourth-order valence-corrected chi connectivity index (χ4v) is 14.7. The number of piperidine rings is 3. The van der Waals surface area contributed by atoms with Crippen LogP contribution in [0.3, 0.4) is 0 Å². The molecule has 6 fully saturated rings. The van der Waals surface area contributed by atoms with Crippen LogP contribution in [0.1, 0.15) is 123 Å². The van der Waals surface area contributed by atoms with Crippen molar-refractivity contribution in [2.24, 2.45) is 17.8 Å². The van der Waals surface area contributed by atoms with Gasteiger partial charge in [0.25, 0.3) is 0 Å². The number of fused-ring (bicyclic) bond motifs is 5. The average Bonchev–Trinajstić information content (AvgIpc) is 1.93. The summed E-state index contributed by atoms with van der Waals surface area (Å²) < 4.78 is 59.9. The van der Waals surface area contributed by atoms with E-state index >= 15 is 8.78 Å². The lowest BCUT2D eigenvalue weighted by atomic mass is 9.87. The molecule has 2 bridgehead atoms. The first-order chi connectivity index (χ1) is 41.8. The van der Waals surface area contributed by atoms with Crippen molar-refractivity contribution >= 4 is 62.1 Å². The molecule has 0 spiro atoms. The first-order valence-corrected chi connectivity index (χ1v) is 31.2.